The lowest BCUT2D eigenvalue weighted by Crippen LogP contribution is -2.43. The maximum absolute atomic E-state index is 12.9. The predicted octanol–water partition coefficient (Wildman–Crippen LogP) is 1.54. The molecule has 4 atom stereocenters. The number of methoxy groups -OCH3 is 1. The summed E-state index contributed by atoms with van der Waals surface area (Å²) in [5.74, 6) is -1.57. The van der Waals surface area contributed by atoms with Gasteiger partial charge in [0.2, 0.25) is 5.91 Å². The van der Waals surface area contributed by atoms with E-state index in [4.69, 9.17) is 9.47 Å². The summed E-state index contributed by atoms with van der Waals surface area (Å²) in [5.41, 5.74) is -0.651. The van der Waals surface area contributed by atoms with Crippen molar-refractivity contribution in [2.45, 2.75) is 18.1 Å². The normalized spacial score (nSPS) is 38.5. The number of nitrogens with zero attached hydrogens (tertiary/aromatic N) is 1. The van der Waals surface area contributed by atoms with Gasteiger partial charge in [0.15, 0.2) is 0 Å². The zero-order valence-corrected chi connectivity index (χ0v) is 12.5. The second-order valence-corrected chi connectivity index (χ2v) is 6.31. The van der Waals surface area contributed by atoms with Crippen molar-refractivity contribution in [1.29, 1.82) is 0 Å². The van der Waals surface area contributed by atoms with Gasteiger partial charge in [0, 0.05) is 5.69 Å². The summed E-state index contributed by atoms with van der Waals surface area (Å²) in [4.78, 5) is 26.9. The minimum Gasteiger partial charge on any atom is -0.469 e. The summed E-state index contributed by atoms with van der Waals surface area (Å²) in [7, 11) is 1.35. The Bertz CT molecular complexity index is 685. The van der Waals surface area contributed by atoms with Crippen molar-refractivity contribution in [2.75, 3.05) is 18.6 Å². The van der Waals surface area contributed by atoms with Crippen LogP contribution in [0.2, 0.25) is 0 Å². The first-order valence-corrected chi connectivity index (χ1v) is 7.36. The number of hydrogen-bond donors (Lipinski definition) is 0. The Morgan fingerprint density at radius 2 is 2.05 bits per heavy atom. The molecule has 114 valence electrons. The summed E-state index contributed by atoms with van der Waals surface area (Å²) < 4.78 is 11.1. The van der Waals surface area contributed by atoms with Gasteiger partial charge in [-0.05, 0) is 19.1 Å². The van der Waals surface area contributed by atoms with E-state index in [-0.39, 0.29) is 11.9 Å². The standard InChI is InChI=1S/C17H17NO4/c1-16-8-9-17(22-16)10-18(11-6-4-3-5-7-11)14(19)12(17)13(16)15(20)21-2/h3-9,12-13H,10H2,1-2H3/t12-,13+,16-,17+/m1/s1. The highest BCUT2D eigenvalue weighted by molar-refractivity contribution is 6.02. The van der Waals surface area contributed by atoms with Gasteiger partial charge in [-0.1, -0.05) is 30.4 Å². The predicted molar refractivity (Wildman–Crippen MR) is 79.2 cm³/mol. The van der Waals surface area contributed by atoms with Gasteiger partial charge in [0.05, 0.1) is 25.2 Å². The average Bonchev–Trinajstić information content (AvgIpc) is 3.10. The largest absolute Gasteiger partial charge is 0.469 e. The Morgan fingerprint density at radius 3 is 2.73 bits per heavy atom. The smallest absolute Gasteiger partial charge is 0.312 e. The summed E-state index contributed by atoms with van der Waals surface area (Å²) >= 11 is 0. The van der Waals surface area contributed by atoms with Gasteiger partial charge >= 0.3 is 5.97 Å². The van der Waals surface area contributed by atoms with Gasteiger partial charge < -0.3 is 14.4 Å². The maximum atomic E-state index is 12.9. The van der Waals surface area contributed by atoms with Crippen molar-refractivity contribution < 1.29 is 19.1 Å². The third-order valence-electron chi connectivity index (χ3n) is 5.04. The van der Waals surface area contributed by atoms with Gasteiger partial charge in [-0.25, -0.2) is 0 Å². The molecule has 0 aromatic heterocycles. The molecule has 1 aromatic carbocycles. The van der Waals surface area contributed by atoms with Crippen LogP contribution in [0.4, 0.5) is 5.69 Å². The number of hydrogen-bond acceptors (Lipinski definition) is 4. The van der Waals surface area contributed by atoms with E-state index in [0.717, 1.165) is 5.69 Å². The topological polar surface area (TPSA) is 55.8 Å². The molecule has 4 rings (SSSR count). The highest BCUT2D eigenvalue weighted by atomic mass is 16.6. The van der Waals surface area contributed by atoms with Crippen LogP contribution in [-0.4, -0.2) is 36.7 Å². The van der Waals surface area contributed by atoms with Gasteiger partial charge in [-0.2, -0.15) is 0 Å². The van der Waals surface area contributed by atoms with E-state index >= 15 is 0 Å². The molecule has 5 nitrogen and oxygen atoms in total. The van der Waals surface area contributed by atoms with Crippen LogP contribution in [0.15, 0.2) is 42.5 Å². The van der Waals surface area contributed by atoms with Crippen molar-refractivity contribution in [1.82, 2.24) is 0 Å². The van der Waals surface area contributed by atoms with Crippen molar-refractivity contribution >= 4 is 17.6 Å². The first-order chi connectivity index (χ1) is 10.5. The molecule has 0 N–H and O–H groups in total. The van der Waals surface area contributed by atoms with E-state index in [1.165, 1.54) is 7.11 Å². The molecule has 0 aliphatic carbocycles. The molecule has 1 aromatic rings. The summed E-state index contributed by atoms with van der Waals surface area (Å²) in [5, 5.41) is 0. The van der Waals surface area contributed by atoms with Crippen LogP contribution < -0.4 is 4.90 Å². The summed E-state index contributed by atoms with van der Waals surface area (Å²) in [6.45, 7) is 2.28. The molecule has 3 aliphatic heterocycles. The molecule has 2 bridgehead atoms. The Balaban J connectivity index is 1.77. The maximum Gasteiger partial charge on any atom is 0.312 e. The Morgan fingerprint density at radius 1 is 1.32 bits per heavy atom. The lowest BCUT2D eigenvalue weighted by molar-refractivity contribution is -0.152. The van der Waals surface area contributed by atoms with Crippen LogP contribution in [0.5, 0.6) is 0 Å². The first-order valence-electron chi connectivity index (χ1n) is 7.36. The van der Waals surface area contributed by atoms with Crippen molar-refractivity contribution in [3.63, 3.8) is 0 Å². The van der Waals surface area contributed by atoms with Crippen LogP contribution >= 0.6 is 0 Å². The van der Waals surface area contributed by atoms with E-state index in [9.17, 15) is 9.59 Å². The molecule has 2 saturated heterocycles. The molecule has 2 fully saturated rings. The second kappa shape index (κ2) is 4.20. The number of fused-ring (bicyclic) bond motifs is 1. The van der Waals surface area contributed by atoms with Crippen LogP contribution in [0, 0.1) is 11.8 Å². The van der Waals surface area contributed by atoms with E-state index in [1.807, 2.05) is 49.4 Å². The molecule has 0 radical (unpaired) electrons. The minimum atomic E-state index is -0.754. The van der Waals surface area contributed by atoms with Crippen molar-refractivity contribution in [2.24, 2.45) is 11.8 Å². The highest BCUT2D eigenvalue weighted by Crippen LogP contribution is 2.57. The molecular weight excluding hydrogens is 282 g/mol. The lowest BCUT2D eigenvalue weighted by Gasteiger charge is -2.28. The average molecular weight is 299 g/mol. The molecule has 5 heteroatoms. The number of amides is 1. The number of carbonyl (C=O) groups is 2. The van der Waals surface area contributed by atoms with Crippen LogP contribution in [0.25, 0.3) is 0 Å². The number of ether oxygens (including phenoxy) is 2. The molecule has 0 saturated carbocycles. The fraction of sp³-hybridized carbons (Fsp3) is 0.412. The summed E-state index contributed by atoms with van der Waals surface area (Å²) in [6, 6.07) is 9.47. The quantitative estimate of drug-likeness (QED) is 0.614. The molecule has 1 amide bonds. The first kappa shape index (κ1) is 13.5. The second-order valence-electron chi connectivity index (χ2n) is 6.31. The lowest BCUT2D eigenvalue weighted by atomic mass is 9.72. The van der Waals surface area contributed by atoms with E-state index < -0.39 is 23.0 Å². The van der Waals surface area contributed by atoms with Crippen LogP contribution in [0.1, 0.15) is 6.92 Å². The summed E-state index contributed by atoms with van der Waals surface area (Å²) in [6.07, 6.45) is 3.84. The van der Waals surface area contributed by atoms with Gasteiger partial charge in [-0.3, -0.25) is 9.59 Å². The molecule has 1 spiro atoms. The number of rotatable bonds is 2. The molecule has 22 heavy (non-hydrogen) atoms. The Kier molecular flexibility index (Phi) is 2.58. The van der Waals surface area contributed by atoms with E-state index in [0.29, 0.717) is 6.54 Å². The number of para-hydroxylation sites is 1. The third kappa shape index (κ3) is 1.52. The molecule has 0 unspecified atom stereocenters. The van der Waals surface area contributed by atoms with Gasteiger partial charge in [0.1, 0.15) is 11.5 Å². The van der Waals surface area contributed by atoms with Crippen LogP contribution in [-0.2, 0) is 19.1 Å². The minimum absolute atomic E-state index is 0.0744. The Labute approximate surface area is 128 Å². The molecule has 3 heterocycles. The zero-order chi connectivity index (χ0) is 15.5. The van der Waals surface area contributed by atoms with Gasteiger partial charge in [-0.15, -0.1) is 0 Å². The van der Waals surface area contributed by atoms with Crippen molar-refractivity contribution in [3.8, 4) is 0 Å². The third-order valence-corrected chi connectivity index (χ3v) is 5.04. The fourth-order valence-electron chi connectivity index (χ4n) is 4.08. The van der Waals surface area contributed by atoms with E-state index in [1.54, 1.807) is 4.90 Å². The van der Waals surface area contributed by atoms with Gasteiger partial charge in [0.25, 0.3) is 0 Å². The van der Waals surface area contributed by atoms with Crippen molar-refractivity contribution in [3.05, 3.63) is 42.5 Å². The Hall–Kier alpha value is -2.14. The SMILES string of the molecule is COC(=O)[C@@H]1[C@@H]2C(=O)N(c3ccccc3)C[C@@]23C=C[C@@]1(C)O3. The zero-order valence-electron chi connectivity index (χ0n) is 12.5. The van der Waals surface area contributed by atoms with Crippen LogP contribution in [0.3, 0.4) is 0 Å². The fourth-order valence-corrected chi connectivity index (χ4v) is 4.08. The number of benzene rings is 1. The highest BCUT2D eigenvalue weighted by Gasteiger charge is 2.71. The number of esters is 1. The number of carbonyl (C=O) groups excluding carboxylic acids is 2. The monoisotopic (exact) mass is 299 g/mol. The number of anilines is 1. The molecular formula is C17H17NO4. The van der Waals surface area contributed by atoms with E-state index in [2.05, 4.69) is 0 Å². The molecule has 3 aliphatic rings.